The molecule has 3 aromatic heterocycles. The Balaban J connectivity index is 1.86. The molecule has 0 amide bonds. The fraction of sp³-hybridized carbons (Fsp3) is 0.143. The van der Waals surface area contributed by atoms with Gasteiger partial charge in [-0.15, -0.1) is 0 Å². The van der Waals surface area contributed by atoms with Gasteiger partial charge < -0.3 is 13.8 Å². The molecule has 0 spiro atoms. The molecule has 106 valence electrons. The standard InChI is InChI=1S/C14H12N4O3/c1-20-11-8-10(5-6-15-11)14-16-12(21-17-14)9-18-7-3-2-4-13(18)19/h2-8H,9H2,1H3. The summed E-state index contributed by atoms with van der Waals surface area (Å²) in [5.41, 5.74) is 0.611. The Kier molecular flexibility index (Phi) is 3.46. The molecule has 0 fully saturated rings. The van der Waals surface area contributed by atoms with Gasteiger partial charge in [0.05, 0.1) is 7.11 Å². The maximum atomic E-state index is 11.6. The number of methoxy groups -OCH3 is 1. The molecular weight excluding hydrogens is 272 g/mol. The minimum absolute atomic E-state index is 0.122. The molecule has 7 heteroatoms. The molecule has 0 aliphatic heterocycles. The number of pyridine rings is 2. The summed E-state index contributed by atoms with van der Waals surface area (Å²) >= 11 is 0. The first kappa shape index (κ1) is 13.0. The molecule has 0 radical (unpaired) electrons. The summed E-state index contributed by atoms with van der Waals surface area (Å²) in [6.45, 7) is 0.231. The van der Waals surface area contributed by atoms with E-state index in [1.165, 1.54) is 17.7 Å². The molecule has 7 nitrogen and oxygen atoms in total. The van der Waals surface area contributed by atoms with Crippen molar-refractivity contribution in [1.82, 2.24) is 19.7 Å². The van der Waals surface area contributed by atoms with Gasteiger partial charge in [-0.05, 0) is 12.1 Å². The first-order chi connectivity index (χ1) is 10.3. The molecule has 0 atom stereocenters. The van der Waals surface area contributed by atoms with E-state index in [1.807, 2.05) is 0 Å². The monoisotopic (exact) mass is 284 g/mol. The second-order valence-corrected chi connectivity index (χ2v) is 4.27. The third-order valence-corrected chi connectivity index (χ3v) is 2.87. The number of aromatic nitrogens is 4. The van der Waals surface area contributed by atoms with Crippen molar-refractivity contribution in [2.75, 3.05) is 7.11 Å². The van der Waals surface area contributed by atoms with Crippen LogP contribution in [0, 0.1) is 0 Å². The van der Waals surface area contributed by atoms with E-state index < -0.39 is 0 Å². The zero-order valence-corrected chi connectivity index (χ0v) is 11.3. The first-order valence-corrected chi connectivity index (χ1v) is 6.25. The van der Waals surface area contributed by atoms with Crippen molar-refractivity contribution in [3.05, 3.63) is 59.0 Å². The molecule has 0 aliphatic rings. The summed E-state index contributed by atoms with van der Waals surface area (Å²) in [6, 6.07) is 8.40. The molecule has 3 heterocycles. The Bertz CT molecular complexity index is 809. The Morgan fingerprint density at radius 3 is 3.05 bits per heavy atom. The fourth-order valence-electron chi connectivity index (χ4n) is 1.83. The minimum Gasteiger partial charge on any atom is -0.481 e. The summed E-state index contributed by atoms with van der Waals surface area (Å²) in [4.78, 5) is 19.9. The molecule has 0 unspecified atom stereocenters. The SMILES string of the molecule is COc1cc(-c2noc(Cn3ccccc3=O)n2)ccn1. The van der Waals surface area contributed by atoms with Crippen LogP contribution in [-0.4, -0.2) is 26.8 Å². The quantitative estimate of drug-likeness (QED) is 0.719. The average Bonchev–Trinajstić information content (AvgIpc) is 2.98. The summed E-state index contributed by atoms with van der Waals surface area (Å²) in [7, 11) is 1.54. The topological polar surface area (TPSA) is 83.0 Å². The third kappa shape index (κ3) is 2.81. The van der Waals surface area contributed by atoms with Gasteiger partial charge in [0.25, 0.3) is 5.56 Å². The number of nitrogens with zero attached hydrogens (tertiary/aromatic N) is 4. The smallest absolute Gasteiger partial charge is 0.250 e. The van der Waals surface area contributed by atoms with Gasteiger partial charge in [0.15, 0.2) is 0 Å². The van der Waals surface area contributed by atoms with Crippen molar-refractivity contribution in [3.8, 4) is 17.3 Å². The van der Waals surface area contributed by atoms with Crippen molar-refractivity contribution in [3.63, 3.8) is 0 Å². The Morgan fingerprint density at radius 1 is 1.33 bits per heavy atom. The highest BCUT2D eigenvalue weighted by Crippen LogP contribution is 2.19. The number of hydrogen-bond donors (Lipinski definition) is 0. The molecule has 3 aromatic rings. The number of hydrogen-bond acceptors (Lipinski definition) is 6. The summed E-state index contributed by atoms with van der Waals surface area (Å²) < 4.78 is 11.7. The predicted octanol–water partition coefficient (Wildman–Crippen LogP) is 1.35. The highest BCUT2D eigenvalue weighted by atomic mass is 16.5. The normalized spacial score (nSPS) is 10.5. The van der Waals surface area contributed by atoms with Crippen molar-refractivity contribution in [2.24, 2.45) is 0 Å². The van der Waals surface area contributed by atoms with E-state index in [9.17, 15) is 4.79 Å². The molecule has 0 N–H and O–H groups in total. The van der Waals surface area contributed by atoms with E-state index in [-0.39, 0.29) is 12.1 Å². The molecule has 3 rings (SSSR count). The van der Waals surface area contributed by atoms with E-state index in [1.54, 1.807) is 36.7 Å². The predicted molar refractivity (Wildman–Crippen MR) is 73.9 cm³/mol. The molecule has 0 aliphatic carbocycles. The largest absolute Gasteiger partial charge is 0.481 e. The van der Waals surface area contributed by atoms with Crippen LogP contribution in [0.5, 0.6) is 5.88 Å². The number of ether oxygens (including phenoxy) is 1. The van der Waals surface area contributed by atoms with E-state index in [0.717, 1.165) is 5.56 Å². The number of rotatable bonds is 4. The third-order valence-electron chi connectivity index (χ3n) is 2.87. The van der Waals surface area contributed by atoms with Crippen LogP contribution in [0.3, 0.4) is 0 Å². The maximum Gasteiger partial charge on any atom is 0.250 e. The Hall–Kier alpha value is -2.96. The average molecular weight is 284 g/mol. The van der Waals surface area contributed by atoms with Gasteiger partial charge in [0.1, 0.15) is 6.54 Å². The van der Waals surface area contributed by atoms with Gasteiger partial charge in [-0.2, -0.15) is 4.98 Å². The van der Waals surface area contributed by atoms with Crippen LogP contribution >= 0.6 is 0 Å². The molecule has 0 aromatic carbocycles. The van der Waals surface area contributed by atoms with Gasteiger partial charge in [-0.1, -0.05) is 11.2 Å². The second kappa shape index (κ2) is 5.58. The van der Waals surface area contributed by atoms with Crippen LogP contribution in [0.2, 0.25) is 0 Å². The van der Waals surface area contributed by atoms with Gasteiger partial charge in [0, 0.05) is 30.1 Å². The van der Waals surface area contributed by atoms with Crippen LogP contribution < -0.4 is 10.3 Å². The second-order valence-electron chi connectivity index (χ2n) is 4.27. The van der Waals surface area contributed by atoms with Crippen LogP contribution in [0.1, 0.15) is 5.89 Å². The lowest BCUT2D eigenvalue weighted by atomic mass is 10.2. The van der Waals surface area contributed by atoms with Gasteiger partial charge >= 0.3 is 0 Å². The van der Waals surface area contributed by atoms with Gasteiger partial charge in [-0.3, -0.25) is 4.79 Å². The minimum atomic E-state index is -0.122. The molecular formula is C14H12N4O3. The van der Waals surface area contributed by atoms with Crippen LogP contribution in [0.15, 0.2) is 52.0 Å². The molecule has 0 saturated carbocycles. The van der Waals surface area contributed by atoms with E-state index in [0.29, 0.717) is 17.6 Å². The summed E-state index contributed by atoms with van der Waals surface area (Å²) in [6.07, 6.45) is 3.27. The van der Waals surface area contributed by atoms with Crippen LogP contribution in [-0.2, 0) is 6.54 Å². The Labute approximate surface area is 119 Å². The lowest BCUT2D eigenvalue weighted by Gasteiger charge is -1.99. The van der Waals surface area contributed by atoms with E-state index in [2.05, 4.69) is 15.1 Å². The van der Waals surface area contributed by atoms with E-state index in [4.69, 9.17) is 9.26 Å². The molecule has 0 saturated heterocycles. The van der Waals surface area contributed by atoms with Crippen molar-refractivity contribution in [2.45, 2.75) is 6.54 Å². The van der Waals surface area contributed by atoms with Crippen LogP contribution in [0.25, 0.3) is 11.4 Å². The van der Waals surface area contributed by atoms with Crippen molar-refractivity contribution in [1.29, 1.82) is 0 Å². The van der Waals surface area contributed by atoms with Crippen molar-refractivity contribution < 1.29 is 9.26 Å². The highest BCUT2D eigenvalue weighted by Gasteiger charge is 2.10. The highest BCUT2D eigenvalue weighted by molar-refractivity contribution is 5.55. The zero-order valence-electron chi connectivity index (χ0n) is 11.3. The Morgan fingerprint density at radius 2 is 2.24 bits per heavy atom. The summed E-state index contributed by atoms with van der Waals surface area (Å²) in [5, 5.41) is 3.90. The molecule has 21 heavy (non-hydrogen) atoms. The molecule has 0 bridgehead atoms. The van der Waals surface area contributed by atoms with E-state index >= 15 is 0 Å². The van der Waals surface area contributed by atoms with Crippen molar-refractivity contribution >= 4 is 0 Å². The zero-order chi connectivity index (χ0) is 14.7. The first-order valence-electron chi connectivity index (χ1n) is 6.25. The van der Waals surface area contributed by atoms with Gasteiger partial charge in [0.2, 0.25) is 17.6 Å². The lowest BCUT2D eigenvalue weighted by Crippen LogP contribution is -2.18. The van der Waals surface area contributed by atoms with Gasteiger partial charge in [-0.25, -0.2) is 4.98 Å². The van der Waals surface area contributed by atoms with Crippen LogP contribution in [0.4, 0.5) is 0 Å². The lowest BCUT2D eigenvalue weighted by molar-refractivity contribution is 0.370. The maximum absolute atomic E-state index is 11.6. The summed E-state index contributed by atoms with van der Waals surface area (Å²) in [5.74, 6) is 1.25. The fourth-order valence-corrected chi connectivity index (χ4v) is 1.83.